The van der Waals surface area contributed by atoms with Crippen LogP contribution in [0.15, 0.2) is 0 Å². The molecule has 14 nitrogen and oxygen atoms in total. The monoisotopic (exact) mass is 490 g/mol. The fraction of sp³-hybridized carbons (Fsp3) is 0.643. The summed E-state index contributed by atoms with van der Waals surface area (Å²) in [7, 11) is 0. The topological polar surface area (TPSA) is 223 Å². The van der Waals surface area contributed by atoms with E-state index in [2.05, 4.69) is 34.9 Å². The number of hydrogen-bond acceptors (Lipinski definition) is 14. The van der Waals surface area contributed by atoms with Gasteiger partial charge in [0.15, 0.2) is 6.10 Å². The molecule has 0 aromatic heterocycles. The van der Waals surface area contributed by atoms with E-state index in [0.29, 0.717) is 20.8 Å². The molecule has 0 heterocycles. The number of halogens is 1. The molecule has 29 heavy (non-hydrogen) atoms. The smallest absolute Gasteiger partial charge is 0.355 e. The van der Waals surface area contributed by atoms with Gasteiger partial charge >= 0.3 is 41.2 Å². The van der Waals surface area contributed by atoms with Gasteiger partial charge in [-0.2, -0.15) is 0 Å². The average Bonchev–Trinajstić information content (AvgIpc) is 2.50. The van der Waals surface area contributed by atoms with Crippen molar-refractivity contribution in [2.45, 2.75) is 57.5 Å². The van der Waals surface area contributed by atoms with Crippen LogP contribution in [0.1, 0.15) is 27.7 Å². The van der Waals surface area contributed by atoms with Crippen molar-refractivity contribution >= 4 is 44.5 Å². The summed E-state index contributed by atoms with van der Waals surface area (Å²) in [5.41, 5.74) is 0. The summed E-state index contributed by atoms with van der Waals surface area (Å²) >= 11 is 2.14. The highest BCUT2D eigenvalue weighted by atomic mass is 79.9. The first-order valence-electron chi connectivity index (χ1n) is 7.43. The van der Waals surface area contributed by atoms with Crippen molar-refractivity contribution in [1.82, 2.24) is 0 Å². The maximum atomic E-state index is 11.9. The van der Waals surface area contributed by atoms with Gasteiger partial charge < -0.3 is 44.5 Å². The van der Waals surface area contributed by atoms with E-state index in [-0.39, 0.29) is 0 Å². The predicted molar refractivity (Wildman–Crippen MR) is 87.9 cm³/mol. The number of carbonyl (C=O) groups excluding carboxylic acids is 5. The summed E-state index contributed by atoms with van der Waals surface area (Å²) in [6.07, 6.45) is -5.89. The Morgan fingerprint density at radius 2 is 1.17 bits per heavy atom. The van der Waals surface area contributed by atoms with E-state index in [0.717, 1.165) is 6.92 Å². The lowest BCUT2D eigenvalue weighted by Gasteiger charge is -2.48. The zero-order valence-electron chi connectivity index (χ0n) is 15.4. The van der Waals surface area contributed by atoms with E-state index >= 15 is 0 Å². The summed E-state index contributed by atoms with van der Waals surface area (Å²) in [4.78, 5) is 57.1. The lowest BCUT2D eigenvalue weighted by atomic mass is 9.90. The molecular formula is C14H19BrO14. The van der Waals surface area contributed by atoms with Crippen LogP contribution in [0.2, 0.25) is 0 Å². The highest BCUT2D eigenvalue weighted by Crippen LogP contribution is 2.41. The van der Waals surface area contributed by atoms with Crippen LogP contribution in [0.4, 0.5) is 0 Å². The van der Waals surface area contributed by atoms with Gasteiger partial charge in [0.2, 0.25) is 6.29 Å². The van der Waals surface area contributed by atoms with Gasteiger partial charge in [0.1, 0.15) is 0 Å². The number of carbonyl (C=O) groups is 5. The Kier molecular flexibility index (Phi) is 8.84. The van der Waals surface area contributed by atoms with Gasteiger partial charge in [-0.25, -0.2) is 0 Å². The van der Waals surface area contributed by atoms with Gasteiger partial charge in [0, 0.05) is 27.7 Å². The first kappa shape index (κ1) is 26.8. The van der Waals surface area contributed by atoms with Crippen molar-refractivity contribution in [3.63, 3.8) is 0 Å². The fourth-order valence-electron chi connectivity index (χ4n) is 2.02. The Labute approximate surface area is 171 Å². The molecule has 0 rings (SSSR count). The minimum Gasteiger partial charge on any atom is -0.433 e. The second kappa shape index (κ2) is 9.55. The van der Waals surface area contributed by atoms with Gasteiger partial charge in [-0.3, -0.25) is 24.0 Å². The molecule has 0 radical (unpaired) electrons. The SMILES string of the molecule is CC(=O)OC(O)[C@@H](O)[C@](O)(OC(C)=O)[C@@](O)(OC(C)=O)[C@](O)(OC(C)=O)C(=O)Br. The molecular weight excluding hydrogens is 472 g/mol. The van der Waals surface area contributed by atoms with Crippen LogP contribution in [0.25, 0.3) is 0 Å². The number of hydrogen-bond donors (Lipinski definition) is 5. The molecule has 0 fully saturated rings. The van der Waals surface area contributed by atoms with Crippen LogP contribution >= 0.6 is 15.9 Å². The van der Waals surface area contributed by atoms with E-state index in [1.807, 2.05) is 0 Å². The molecule has 0 amide bonds. The molecule has 0 spiro atoms. The van der Waals surface area contributed by atoms with E-state index in [4.69, 9.17) is 0 Å². The lowest BCUT2D eigenvalue weighted by molar-refractivity contribution is -0.457. The Bertz CT molecular complexity index is 694. The van der Waals surface area contributed by atoms with Crippen LogP contribution in [-0.2, 0) is 42.9 Å². The van der Waals surface area contributed by atoms with Crippen molar-refractivity contribution in [2.75, 3.05) is 0 Å². The molecule has 0 aliphatic rings. The van der Waals surface area contributed by atoms with E-state index in [1.54, 1.807) is 0 Å². The molecule has 0 saturated carbocycles. The van der Waals surface area contributed by atoms with Gasteiger partial charge in [-0.05, 0) is 15.9 Å². The zero-order chi connectivity index (χ0) is 23.4. The number of aliphatic hydroxyl groups is 5. The van der Waals surface area contributed by atoms with Gasteiger partial charge in [-0.1, -0.05) is 0 Å². The highest BCUT2D eigenvalue weighted by Gasteiger charge is 2.77. The molecule has 5 N–H and O–H groups in total. The molecule has 15 heteroatoms. The molecule has 0 saturated heterocycles. The maximum absolute atomic E-state index is 11.9. The highest BCUT2D eigenvalue weighted by molar-refractivity contribution is 9.18. The second-order valence-corrected chi connectivity index (χ2v) is 6.20. The van der Waals surface area contributed by atoms with Crippen LogP contribution in [0.5, 0.6) is 0 Å². The maximum Gasteiger partial charge on any atom is 0.355 e. The molecule has 0 aliphatic carbocycles. The summed E-state index contributed by atoms with van der Waals surface area (Å²) in [5, 5.41) is 51.9. The van der Waals surface area contributed by atoms with Crippen LogP contribution in [-0.4, -0.2) is 83.9 Å². The van der Waals surface area contributed by atoms with Crippen LogP contribution in [0, 0.1) is 0 Å². The number of aliphatic hydroxyl groups excluding tert-OH is 2. The molecule has 0 aromatic carbocycles. The van der Waals surface area contributed by atoms with Crippen LogP contribution in [0.3, 0.4) is 0 Å². The lowest BCUT2D eigenvalue weighted by Crippen LogP contribution is -2.78. The average molecular weight is 491 g/mol. The van der Waals surface area contributed by atoms with Gasteiger partial charge in [-0.15, -0.1) is 0 Å². The molecule has 5 atom stereocenters. The minimum atomic E-state index is -4.32. The minimum absolute atomic E-state index is 0.570. The van der Waals surface area contributed by atoms with Gasteiger partial charge in [0.05, 0.1) is 0 Å². The molecule has 0 bridgehead atoms. The first-order chi connectivity index (χ1) is 12.9. The second-order valence-electron chi connectivity index (χ2n) is 5.48. The van der Waals surface area contributed by atoms with Crippen LogP contribution < -0.4 is 0 Å². The Morgan fingerprint density at radius 1 is 0.759 bits per heavy atom. The summed E-state index contributed by atoms with van der Waals surface area (Å²) in [5.74, 6) is -18.4. The number of ether oxygens (including phenoxy) is 4. The molecule has 0 aliphatic heterocycles. The number of rotatable bonds is 9. The Hall–Kier alpha value is -2.17. The van der Waals surface area contributed by atoms with E-state index in [1.165, 1.54) is 0 Å². The standard InChI is InChI=1S/C14H19BrO14/c1-5(16)26-10(21)9(20)12(23,27-6(2)17)14(25,29-8(4)19)13(24,11(15)22)28-7(3)18/h9-10,20-21,23-25H,1-4H3/t9-,10?,12+,13-,14-/m1/s1. The van der Waals surface area contributed by atoms with E-state index < -0.39 is 58.3 Å². The van der Waals surface area contributed by atoms with Crippen molar-refractivity contribution in [2.24, 2.45) is 0 Å². The molecule has 1 unspecified atom stereocenters. The fourth-order valence-corrected chi connectivity index (χ4v) is 2.37. The summed E-state index contributed by atoms with van der Waals surface area (Å²) in [6, 6.07) is 0. The predicted octanol–water partition coefficient (Wildman–Crippen LogP) is -3.09. The quantitative estimate of drug-likeness (QED) is 0.0933. The van der Waals surface area contributed by atoms with Crippen molar-refractivity contribution < 1.29 is 68.5 Å². The zero-order valence-corrected chi connectivity index (χ0v) is 17.0. The normalized spacial score (nSPS) is 19.2. The molecule has 166 valence electrons. The third kappa shape index (κ3) is 5.68. The third-order valence-corrected chi connectivity index (χ3v) is 3.59. The molecule has 0 aromatic rings. The summed E-state index contributed by atoms with van der Waals surface area (Å²) in [6.45, 7) is 2.52. The van der Waals surface area contributed by atoms with Gasteiger partial charge in [0.25, 0.3) is 4.69 Å². The van der Waals surface area contributed by atoms with Crippen molar-refractivity contribution in [1.29, 1.82) is 0 Å². The summed E-state index contributed by atoms with van der Waals surface area (Å²) < 4.78 is 15.2. The third-order valence-electron chi connectivity index (χ3n) is 3.05. The Balaban J connectivity index is 6.94. The van der Waals surface area contributed by atoms with Crippen molar-refractivity contribution in [3.8, 4) is 0 Å². The van der Waals surface area contributed by atoms with Crippen molar-refractivity contribution in [3.05, 3.63) is 0 Å². The van der Waals surface area contributed by atoms with E-state index in [9.17, 15) is 49.5 Å². The Morgan fingerprint density at radius 3 is 1.48 bits per heavy atom. The largest absolute Gasteiger partial charge is 0.433 e. The number of esters is 4. The first-order valence-corrected chi connectivity index (χ1v) is 8.23.